The molecule has 3 aliphatic rings. The van der Waals surface area contributed by atoms with Gasteiger partial charge in [-0.25, -0.2) is 4.90 Å². The summed E-state index contributed by atoms with van der Waals surface area (Å²) >= 11 is 0. The van der Waals surface area contributed by atoms with Gasteiger partial charge in [0.15, 0.2) is 5.78 Å². The number of methoxy groups -OCH3 is 2. The van der Waals surface area contributed by atoms with Crippen molar-refractivity contribution in [2.24, 2.45) is 5.92 Å². The summed E-state index contributed by atoms with van der Waals surface area (Å²) in [6, 6.07) is 19.5. The first-order valence-electron chi connectivity index (χ1n) is 13.1. The van der Waals surface area contributed by atoms with Gasteiger partial charge in [-0.2, -0.15) is 10.5 Å². The molecule has 0 spiro atoms. The first-order chi connectivity index (χ1) is 18.2. The monoisotopic (exact) mass is 510 g/mol. The molecule has 3 aliphatic heterocycles. The van der Waals surface area contributed by atoms with E-state index < -0.39 is 16.6 Å². The van der Waals surface area contributed by atoms with Gasteiger partial charge < -0.3 is 9.47 Å². The molecule has 38 heavy (non-hydrogen) atoms. The lowest BCUT2D eigenvalue weighted by Crippen LogP contribution is -2.62. The molecule has 0 bridgehead atoms. The summed E-state index contributed by atoms with van der Waals surface area (Å²) in [5.41, 5.74) is -1.13. The minimum Gasteiger partial charge on any atom is -0.497 e. The average molecular weight is 511 g/mol. The van der Waals surface area contributed by atoms with Gasteiger partial charge in [0, 0.05) is 22.6 Å². The number of ketones is 1. The molecule has 0 aromatic heterocycles. The first-order valence-corrected chi connectivity index (χ1v) is 13.1. The number of likely N-dealkylation sites (tertiary alicyclic amines) is 1. The molecule has 0 amide bonds. The molecule has 2 saturated heterocycles. The van der Waals surface area contributed by atoms with E-state index in [9.17, 15) is 15.3 Å². The van der Waals surface area contributed by atoms with Gasteiger partial charge in [0.05, 0.1) is 25.8 Å². The van der Waals surface area contributed by atoms with Gasteiger partial charge in [0.25, 0.3) is 0 Å². The maximum atomic E-state index is 14.1. The summed E-state index contributed by atoms with van der Waals surface area (Å²) in [7, 11) is 3.22. The molecule has 2 aromatic rings. The molecule has 0 aliphatic carbocycles. The van der Waals surface area contributed by atoms with Gasteiger partial charge in [-0.3, -0.25) is 9.69 Å². The second-order valence-electron chi connectivity index (χ2n) is 11.0. The van der Waals surface area contributed by atoms with Gasteiger partial charge >= 0.3 is 0 Å². The molecule has 5 rings (SSSR count). The van der Waals surface area contributed by atoms with E-state index in [2.05, 4.69) is 24.0 Å². The number of Topliss-reactive ketones (excluding diaryl/α,β-unsaturated/α-hetero) is 1. The Kier molecular flexibility index (Phi) is 6.34. The molecule has 0 unspecified atom stereocenters. The highest BCUT2D eigenvalue weighted by atomic mass is 16.5. The lowest BCUT2D eigenvalue weighted by atomic mass is 9.75. The second-order valence-corrected chi connectivity index (χ2v) is 11.0. The Bertz CT molecular complexity index is 1330. The summed E-state index contributed by atoms with van der Waals surface area (Å²) in [6.45, 7) is 7.77. The van der Waals surface area contributed by atoms with Crippen LogP contribution < -0.4 is 9.47 Å². The van der Waals surface area contributed by atoms with Crippen molar-refractivity contribution in [2.75, 3.05) is 27.3 Å². The minimum atomic E-state index is -1.45. The Morgan fingerprint density at radius 1 is 0.921 bits per heavy atom. The summed E-state index contributed by atoms with van der Waals surface area (Å²) in [5.74, 6) is 1.14. The standard InChI is InChI=1S/C31H34N4O3/c1-21-28(34-16-6-7-17-34)30(19-32,20-33)35-29(2,3)26(27(36)22-8-12-24(37-4)13-9-22)18-31(21,35)23-10-14-25(38-5)15-11-23/h8-15,18,21,28H,6-7,16-17H2,1-5H3/t21-,28-,31+/m0/s1. The topological polar surface area (TPSA) is 89.6 Å². The van der Waals surface area contributed by atoms with Gasteiger partial charge in [0.2, 0.25) is 5.54 Å². The predicted molar refractivity (Wildman–Crippen MR) is 144 cm³/mol. The summed E-state index contributed by atoms with van der Waals surface area (Å²) in [4.78, 5) is 18.4. The highest BCUT2D eigenvalue weighted by molar-refractivity contribution is 6.11. The lowest BCUT2D eigenvalue weighted by Gasteiger charge is -2.46. The van der Waals surface area contributed by atoms with Gasteiger partial charge in [-0.1, -0.05) is 25.1 Å². The fourth-order valence-electron chi connectivity index (χ4n) is 7.28. The van der Waals surface area contributed by atoms with Crippen molar-refractivity contribution in [3.63, 3.8) is 0 Å². The molecule has 3 heterocycles. The molecule has 2 fully saturated rings. The fraction of sp³-hybridized carbons (Fsp3) is 0.452. The van der Waals surface area contributed by atoms with E-state index in [1.807, 2.05) is 49.1 Å². The van der Waals surface area contributed by atoms with Crippen LogP contribution in [0.25, 0.3) is 0 Å². The van der Waals surface area contributed by atoms with Crippen LogP contribution in [-0.4, -0.2) is 60.0 Å². The molecule has 2 aromatic carbocycles. The third kappa shape index (κ3) is 3.42. The van der Waals surface area contributed by atoms with Crippen LogP contribution >= 0.6 is 0 Å². The van der Waals surface area contributed by atoms with Crippen molar-refractivity contribution < 1.29 is 14.3 Å². The number of carbonyl (C=O) groups excluding carboxylic acids is 1. The summed E-state index contributed by atoms with van der Waals surface area (Å²) in [5, 5.41) is 21.6. The Balaban J connectivity index is 1.75. The molecule has 7 nitrogen and oxygen atoms in total. The normalized spacial score (nSPS) is 27.7. The van der Waals surface area contributed by atoms with E-state index >= 15 is 0 Å². The zero-order chi connectivity index (χ0) is 27.3. The number of fused-ring (bicyclic) bond motifs is 1. The molecule has 0 N–H and O–H groups in total. The van der Waals surface area contributed by atoms with E-state index in [-0.39, 0.29) is 17.7 Å². The Labute approximate surface area is 224 Å². The Hall–Kier alpha value is -3.65. The zero-order valence-corrected chi connectivity index (χ0v) is 22.7. The third-order valence-electron chi connectivity index (χ3n) is 8.93. The zero-order valence-electron chi connectivity index (χ0n) is 22.7. The minimum absolute atomic E-state index is 0.116. The maximum absolute atomic E-state index is 14.1. The van der Waals surface area contributed by atoms with E-state index in [4.69, 9.17) is 9.47 Å². The number of nitriles is 2. The van der Waals surface area contributed by atoms with Crippen LogP contribution in [0.2, 0.25) is 0 Å². The van der Waals surface area contributed by atoms with Crippen LogP contribution in [0.3, 0.4) is 0 Å². The molecular formula is C31H34N4O3. The molecule has 196 valence electrons. The number of hydrogen-bond donors (Lipinski definition) is 0. The number of rotatable bonds is 6. The van der Waals surface area contributed by atoms with Crippen molar-refractivity contribution in [3.05, 3.63) is 71.3 Å². The smallest absolute Gasteiger partial charge is 0.213 e. The number of carbonyl (C=O) groups is 1. The largest absolute Gasteiger partial charge is 0.497 e. The van der Waals surface area contributed by atoms with Crippen molar-refractivity contribution >= 4 is 5.78 Å². The maximum Gasteiger partial charge on any atom is 0.213 e. The highest BCUT2D eigenvalue weighted by Gasteiger charge is 2.73. The number of hydrogen-bond acceptors (Lipinski definition) is 7. The quantitative estimate of drug-likeness (QED) is 0.520. The van der Waals surface area contributed by atoms with Crippen molar-refractivity contribution in [1.29, 1.82) is 10.5 Å². The SMILES string of the molecule is COc1ccc(C(=O)C2=C[C@]3(c4ccc(OC)cc4)[C@@H](C)[C@H](N4CCCC4)C(C#N)(C#N)N3C2(C)C)cc1. The van der Waals surface area contributed by atoms with E-state index in [1.54, 1.807) is 38.5 Å². The summed E-state index contributed by atoms with van der Waals surface area (Å²) < 4.78 is 10.7. The van der Waals surface area contributed by atoms with Crippen molar-refractivity contribution in [2.45, 2.75) is 56.3 Å². The number of benzene rings is 2. The first kappa shape index (κ1) is 26.0. The Morgan fingerprint density at radius 2 is 1.45 bits per heavy atom. The van der Waals surface area contributed by atoms with E-state index in [0.29, 0.717) is 16.9 Å². The molecular weight excluding hydrogens is 476 g/mol. The van der Waals surface area contributed by atoms with Crippen molar-refractivity contribution in [1.82, 2.24) is 9.80 Å². The highest BCUT2D eigenvalue weighted by Crippen LogP contribution is 2.62. The lowest BCUT2D eigenvalue weighted by molar-refractivity contribution is 0.0402. The van der Waals surface area contributed by atoms with Crippen LogP contribution in [0.5, 0.6) is 11.5 Å². The van der Waals surface area contributed by atoms with Crippen LogP contribution in [0.1, 0.15) is 49.5 Å². The van der Waals surface area contributed by atoms with Crippen LogP contribution in [0, 0.1) is 28.6 Å². The van der Waals surface area contributed by atoms with Crippen molar-refractivity contribution in [3.8, 4) is 23.6 Å². The second kappa shape index (κ2) is 9.27. The van der Waals surface area contributed by atoms with Gasteiger partial charge in [-0.05, 0) is 81.7 Å². The Morgan fingerprint density at radius 3 is 1.95 bits per heavy atom. The molecule has 0 saturated carbocycles. The number of nitrogens with zero attached hydrogens (tertiary/aromatic N) is 4. The van der Waals surface area contributed by atoms with Crippen LogP contribution in [-0.2, 0) is 5.54 Å². The molecule has 7 heteroatoms. The van der Waals surface area contributed by atoms with Crippen LogP contribution in [0.15, 0.2) is 60.2 Å². The van der Waals surface area contributed by atoms with E-state index in [0.717, 1.165) is 37.2 Å². The molecule has 0 radical (unpaired) electrons. The predicted octanol–water partition coefficient (Wildman–Crippen LogP) is 4.70. The van der Waals surface area contributed by atoms with Gasteiger partial charge in [-0.15, -0.1) is 0 Å². The number of ether oxygens (including phenoxy) is 2. The van der Waals surface area contributed by atoms with Gasteiger partial charge in [0.1, 0.15) is 23.6 Å². The van der Waals surface area contributed by atoms with Crippen LogP contribution in [0.4, 0.5) is 0 Å². The fourth-order valence-corrected chi connectivity index (χ4v) is 7.28. The average Bonchev–Trinajstić information content (AvgIpc) is 3.61. The van der Waals surface area contributed by atoms with E-state index in [1.165, 1.54) is 0 Å². The third-order valence-corrected chi connectivity index (χ3v) is 8.93. The summed E-state index contributed by atoms with van der Waals surface area (Å²) in [6.07, 6.45) is 4.14. The molecule has 3 atom stereocenters.